The van der Waals surface area contributed by atoms with Crippen LogP contribution in [0.25, 0.3) is 0 Å². The summed E-state index contributed by atoms with van der Waals surface area (Å²) in [6.07, 6.45) is 4.28. The van der Waals surface area contributed by atoms with Crippen LogP contribution in [0.3, 0.4) is 0 Å². The van der Waals surface area contributed by atoms with Gasteiger partial charge in [0, 0.05) is 24.8 Å². The lowest BCUT2D eigenvalue weighted by molar-refractivity contribution is 0.759. The van der Waals surface area contributed by atoms with Gasteiger partial charge in [-0.1, -0.05) is 30.3 Å². The highest BCUT2D eigenvalue weighted by Gasteiger charge is 2.21. The van der Waals surface area contributed by atoms with Crippen LogP contribution in [-0.4, -0.2) is 23.1 Å². The zero-order valence-electron chi connectivity index (χ0n) is 14.0. The molecule has 1 aliphatic rings. The van der Waals surface area contributed by atoms with Crippen LogP contribution >= 0.6 is 0 Å². The fourth-order valence-corrected chi connectivity index (χ4v) is 2.45. The van der Waals surface area contributed by atoms with Crippen molar-refractivity contribution in [2.75, 3.05) is 6.54 Å². The summed E-state index contributed by atoms with van der Waals surface area (Å²) in [5.74, 6) is 0.889. The molecule has 2 N–H and O–H groups in total. The molecule has 1 saturated carbocycles. The van der Waals surface area contributed by atoms with E-state index in [1.165, 1.54) is 12.8 Å². The summed E-state index contributed by atoms with van der Waals surface area (Å²) in [5.41, 5.74) is 2.29. The maximum Gasteiger partial charge on any atom is 0.250 e. The Morgan fingerprint density at radius 3 is 2.58 bits per heavy atom. The molecule has 3 rings (SSSR count). The van der Waals surface area contributed by atoms with Gasteiger partial charge in [0.15, 0.2) is 5.96 Å². The van der Waals surface area contributed by atoms with Gasteiger partial charge in [-0.3, -0.25) is 4.79 Å². The average Bonchev–Trinajstić information content (AvgIpc) is 3.40. The predicted molar refractivity (Wildman–Crippen MR) is 97.2 cm³/mol. The first-order valence-electron chi connectivity index (χ1n) is 8.52. The number of hydrogen-bond acceptors (Lipinski definition) is 2. The lowest BCUT2D eigenvalue weighted by atomic mass is 10.1. The topological polar surface area (TPSA) is 58.4 Å². The fraction of sp³-hybridized carbons (Fsp3) is 0.368. The molecule has 0 aliphatic heterocycles. The zero-order chi connectivity index (χ0) is 16.8. The Hall–Kier alpha value is -2.56. The first kappa shape index (κ1) is 16.3. The zero-order valence-corrected chi connectivity index (χ0v) is 14.0. The smallest absolute Gasteiger partial charge is 0.250 e. The molecule has 1 aliphatic carbocycles. The molecular weight excluding hydrogens is 300 g/mol. The Morgan fingerprint density at radius 2 is 1.92 bits per heavy atom. The molecule has 24 heavy (non-hydrogen) atoms. The number of rotatable bonds is 6. The van der Waals surface area contributed by atoms with Gasteiger partial charge in [-0.15, -0.1) is 0 Å². The number of pyridine rings is 1. The van der Waals surface area contributed by atoms with Gasteiger partial charge in [-0.2, -0.15) is 0 Å². The summed E-state index contributed by atoms with van der Waals surface area (Å²) in [4.78, 5) is 16.4. The molecule has 0 amide bonds. The number of aromatic nitrogens is 1. The van der Waals surface area contributed by atoms with E-state index >= 15 is 0 Å². The van der Waals surface area contributed by atoms with E-state index in [0.29, 0.717) is 19.1 Å². The molecule has 0 radical (unpaired) electrons. The van der Waals surface area contributed by atoms with Crippen molar-refractivity contribution in [3.8, 4) is 0 Å². The number of nitrogens with zero attached hydrogens (tertiary/aromatic N) is 2. The van der Waals surface area contributed by atoms with Crippen LogP contribution in [0.15, 0.2) is 58.4 Å². The molecule has 0 unspecified atom stereocenters. The summed E-state index contributed by atoms with van der Waals surface area (Å²) >= 11 is 0. The largest absolute Gasteiger partial charge is 0.357 e. The summed E-state index contributed by atoms with van der Waals surface area (Å²) in [7, 11) is 0. The number of benzene rings is 1. The first-order chi connectivity index (χ1) is 11.7. The molecule has 1 heterocycles. The molecule has 0 atom stereocenters. The Morgan fingerprint density at radius 1 is 1.17 bits per heavy atom. The molecule has 5 nitrogen and oxygen atoms in total. The van der Waals surface area contributed by atoms with Crippen LogP contribution in [0.2, 0.25) is 0 Å². The van der Waals surface area contributed by atoms with Crippen molar-refractivity contribution in [2.24, 2.45) is 4.99 Å². The number of nitrogens with one attached hydrogen (secondary N) is 2. The van der Waals surface area contributed by atoms with Gasteiger partial charge in [0.25, 0.3) is 5.56 Å². The van der Waals surface area contributed by atoms with Crippen LogP contribution in [0.4, 0.5) is 0 Å². The predicted octanol–water partition coefficient (Wildman–Crippen LogP) is 2.11. The number of guanidine groups is 1. The Bertz CT molecular complexity index is 744. The maximum atomic E-state index is 11.8. The summed E-state index contributed by atoms with van der Waals surface area (Å²) < 4.78 is 1.70. The molecule has 2 aromatic rings. The van der Waals surface area contributed by atoms with Crippen LogP contribution < -0.4 is 16.2 Å². The molecule has 1 aromatic carbocycles. The second-order valence-electron chi connectivity index (χ2n) is 6.10. The van der Waals surface area contributed by atoms with Crippen LogP contribution in [0, 0.1) is 0 Å². The minimum Gasteiger partial charge on any atom is -0.357 e. The monoisotopic (exact) mass is 324 g/mol. The van der Waals surface area contributed by atoms with Gasteiger partial charge < -0.3 is 15.2 Å². The summed E-state index contributed by atoms with van der Waals surface area (Å²) in [6.45, 7) is 4.18. The van der Waals surface area contributed by atoms with Crippen LogP contribution in [-0.2, 0) is 13.1 Å². The summed E-state index contributed by atoms with van der Waals surface area (Å²) in [6, 6.07) is 14.1. The van der Waals surface area contributed by atoms with E-state index in [-0.39, 0.29) is 5.56 Å². The van der Waals surface area contributed by atoms with Crippen molar-refractivity contribution < 1.29 is 0 Å². The Kier molecular flexibility index (Phi) is 5.31. The van der Waals surface area contributed by atoms with E-state index in [0.717, 1.165) is 23.6 Å². The van der Waals surface area contributed by atoms with Crippen molar-refractivity contribution in [1.29, 1.82) is 0 Å². The van der Waals surface area contributed by atoms with Crippen LogP contribution in [0.1, 0.15) is 30.9 Å². The van der Waals surface area contributed by atoms with E-state index in [9.17, 15) is 4.79 Å². The van der Waals surface area contributed by atoms with E-state index in [1.54, 1.807) is 16.7 Å². The molecule has 126 valence electrons. The molecule has 0 saturated heterocycles. The van der Waals surface area contributed by atoms with Crippen molar-refractivity contribution in [3.63, 3.8) is 0 Å². The average molecular weight is 324 g/mol. The number of aliphatic imine (C=N–C) groups is 1. The second kappa shape index (κ2) is 7.81. The van der Waals surface area contributed by atoms with Crippen molar-refractivity contribution in [1.82, 2.24) is 15.2 Å². The van der Waals surface area contributed by atoms with E-state index < -0.39 is 0 Å². The fourth-order valence-electron chi connectivity index (χ4n) is 2.45. The minimum absolute atomic E-state index is 0.0209. The second-order valence-corrected chi connectivity index (χ2v) is 6.10. The molecule has 5 heteroatoms. The lowest BCUT2D eigenvalue weighted by Gasteiger charge is -2.10. The van der Waals surface area contributed by atoms with Gasteiger partial charge >= 0.3 is 0 Å². The lowest BCUT2D eigenvalue weighted by Crippen LogP contribution is -2.38. The third kappa shape index (κ3) is 4.72. The first-order valence-corrected chi connectivity index (χ1v) is 8.52. The third-order valence-electron chi connectivity index (χ3n) is 3.96. The number of hydrogen-bond donors (Lipinski definition) is 2. The summed E-state index contributed by atoms with van der Waals surface area (Å²) in [5, 5.41) is 6.69. The quantitative estimate of drug-likeness (QED) is 0.632. The normalized spacial score (nSPS) is 14.5. The van der Waals surface area contributed by atoms with Crippen molar-refractivity contribution in [2.45, 2.75) is 38.9 Å². The van der Waals surface area contributed by atoms with Crippen molar-refractivity contribution >= 4 is 5.96 Å². The van der Waals surface area contributed by atoms with Gasteiger partial charge in [0.2, 0.25) is 0 Å². The Balaban J connectivity index is 1.61. The van der Waals surface area contributed by atoms with E-state index in [4.69, 9.17) is 0 Å². The molecule has 0 spiro atoms. The van der Waals surface area contributed by atoms with Gasteiger partial charge in [-0.25, -0.2) is 4.99 Å². The molecule has 1 aromatic heterocycles. The standard InChI is InChI=1S/C19H24N4O/c1-2-20-19(22-17-10-11-17)21-13-15-6-8-16(9-7-15)14-23-12-4-3-5-18(23)24/h3-9,12,17H,2,10-11,13-14H2,1H3,(H2,20,21,22). The maximum absolute atomic E-state index is 11.8. The Labute approximate surface area is 142 Å². The molecular formula is C19H24N4O. The van der Waals surface area contributed by atoms with Crippen molar-refractivity contribution in [3.05, 3.63) is 70.1 Å². The van der Waals surface area contributed by atoms with E-state index in [1.807, 2.05) is 12.3 Å². The SMILES string of the molecule is CCNC(=NCc1ccc(Cn2ccccc2=O)cc1)NC1CC1. The van der Waals surface area contributed by atoms with Gasteiger partial charge in [0.1, 0.15) is 0 Å². The molecule has 1 fully saturated rings. The highest BCUT2D eigenvalue weighted by molar-refractivity contribution is 5.80. The third-order valence-corrected chi connectivity index (χ3v) is 3.96. The van der Waals surface area contributed by atoms with Crippen LogP contribution in [0.5, 0.6) is 0 Å². The van der Waals surface area contributed by atoms with E-state index in [2.05, 4.69) is 46.8 Å². The van der Waals surface area contributed by atoms with Gasteiger partial charge in [0.05, 0.1) is 13.1 Å². The highest BCUT2D eigenvalue weighted by Crippen LogP contribution is 2.18. The minimum atomic E-state index is 0.0209. The van der Waals surface area contributed by atoms with Gasteiger partial charge in [-0.05, 0) is 37.0 Å². The highest BCUT2D eigenvalue weighted by atomic mass is 16.1. The molecule has 0 bridgehead atoms.